The average Bonchev–Trinajstić information content (AvgIpc) is 2.41. The van der Waals surface area contributed by atoms with Gasteiger partial charge in [0.15, 0.2) is 5.82 Å². The lowest BCUT2D eigenvalue weighted by atomic mass is 10.1. The zero-order valence-corrected chi connectivity index (χ0v) is 11.0. The van der Waals surface area contributed by atoms with E-state index >= 15 is 0 Å². The number of hydrogen-bond acceptors (Lipinski definition) is 5. The lowest BCUT2D eigenvalue weighted by Gasteiger charge is -2.26. The Morgan fingerprint density at radius 3 is 2.83 bits per heavy atom. The van der Waals surface area contributed by atoms with Crippen LogP contribution in [0.1, 0.15) is 12.1 Å². The van der Waals surface area contributed by atoms with Crippen LogP contribution in [-0.4, -0.2) is 44.1 Å². The quantitative estimate of drug-likeness (QED) is 0.787. The summed E-state index contributed by atoms with van der Waals surface area (Å²) in [5.74, 6) is 0.947. The van der Waals surface area contributed by atoms with Crippen molar-refractivity contribution in [1.29, 1.82) is 0 Å². The highest BCUT2D eigenvalue weighted by Crippen LogP contribution is 2.17. The summed E-state index contributed by atoms with van der Waals surface area (Å²) >= 11 is 0. The van der Waals surface area contributed by atoms with Gasteiger partial charge in [0, 0.05) is 26.7 Å². The lowest BCUT2D eigenvalue weighted by molar-refractivity contribution is 0.222. The fourth-order valence-corrected chi connectivity index (χ4v) is 2.03. The normalized spacial score (nSPS) is 15.7. The van der Waals surface area contributed by atoms with Gasteiger partial charge in [-0.25, -0.2) is 0 Å². The summed E-state index contributed by atoms with van der Waals surface area (Å²) in [7, 11) is 3.64. The summed E-state index contributed by atoms with van der Waals surface area (Å²) in [5.41, 5.74) is 2.34. The molecule has 0 unspecified atom stereocenters. The van der Waals surface area contributed by atoms with Gasteiger partial charge in [-0.3, -0.25) is 0 Å². The molecule has 2 heterocycles. The Bertz CT molecular complexity index is 402. The van der Waals surface area contributed by atoms with Crippen LogP contribution >= 0.6 is 0 Å². The van der Waals surface area contributed by atoms with E-state index in [1.165, 1.54) is 5.57 Å². The van der Waals surface area contributed by atoms with Crippen LogP contribution in [0.5, 0.6) is 0 Å². The Morgan fingerprint density at radius 2 is 2.28 bits per heavy atom. The molecule has 0 radical (unpaired) electrons. The Morgan fingerprint density at radius 1 is 1.39 bits per heavy atom. The van der Waals surface area contributed by atoms with E-state index in [2.05, 4.69) is 26.5 Å². The zero-order valence-electron chi connectivity index (χ0n) is 11.0. The molecule has 98 valence electrons. The predicted molar refractivity (Wildman–Crippen MR) is 71.6 cm³/mol. The fourth-order valence-electron chi connectivity index (χ4n) is 2.03. The van der Waals surface area contributed by atoms with Crippen LogP contribution in [0.3, 0.4) is 0 Å². The molecule has 1 aromatic heterocycles. The second-order valence-corrected chi connectivity index (χ2v) is 4.40. The van der Waals surface area contributed by atoms with E-state index in [1.54, 1.807) is 7.11 Å². The molecular formula is C13H20N4O. The number of nitrogens with one attached hydrogen (secondary N) is 1. The first-order valence-electron chi connectivity index (χ1n) is 6.22. The smallest absolute Gasteiger partial charge is 0.151 e. The number of hydrogen-bond donors (Lipinski definition) is 1. The number of ether oxygens (including phenoxy) is 1. The van der Waals surface area contributed by atoms with Crippen LogP contribution in [-0.2, 0) is 11.3 Å². The van der Waals surface area contributed by atoms with Gasteiger partial charge in [0.25, 0.3) is 0 Å². The van der Waals surface area contributed by atoms with Crippen molar-refractivity contribution in [2.24, 2.45) is 0 Å². The molecule has 1 aromatic rings. The average molecular weight is 248 g/mol. The minimum atomic E-state index is 0.737. The molecule has 0 bridgehead atoms. The van der Waals surface area contributed by atoms with Crippen LogP contribution < -0.4 is 10.2 Å². The van der Waals surface area contributed by atoms with Gasteiger partial charge < -0.3 is 15.0 Å². The molecule has 0 spiro atoms. The minimum absolute atomic E-state index is 0.737. The van der Waals surface area contributed by atoms with Crippen molar-refractivity contribution >= 4 is 5.82 Å². The maximum atomic E-state index is 5.14. The molecule has 2 rings (SSSR count). The summed E-state index contributed by atoms with van der Waals surface area (Å²) in [6.45, 7) is 3.36. The third-order valence-corrected chi connectivity index (χ3v) is 3.02. The van der Waals surface area contributed by atoms with E-state index in [0.29, 0.717) is 0 Å². The van der Waals surface area contributed by atoms with Gasteiger partial charge in [-0.2, -0.15) is 5.10 Å². The molecule has 0 saturated heterocycles. The molecule has 1 aliphatic rings. The van der Waals surface area contributed by atoms with Crippen LogP contribution in [0.25, 0.3) is 0 Å². The molecule has 5 nitrogen and oxygen atoms in total. The number of methoxy groups -OCH3 is 1. The van der Waals surface area contributed by atoms with E-state index in [0.717, 1.165) is 44.2 Å². The number of rotatable bonds is 5. The summed E-state index contributed by atoms with van der Waals surface area (Å²) in [6.07, 6.45) is 3.25. The Hall–Kier alpha value is -1.46. The maximum absolute atomic E-state index is 5.14. The summed E-state index contributed by atoms with van der Waals surface area (Å²) in [6, 6.07) is 4.06. The van der Waals surface area contributed by atoms with Gasteiger partial charge in [0.05, 0.1) is 12.3 Å². The van der Waals surface area contributed by atoms with Gasteiger partial charge in [-0.15, -0.1) is 5.10 Å². The third kappa shape index (κ3) is 3.27. The van der Waals surface area contributed by atoms with Crippen molar-refractivity contribution in [3.63, 3.8) is 0 Å². The Labute approximate surface area is 108 Å². The van der Waals surface area contributed by atoms with Crippen molar-refractivity contribution in [1.82, 2.24) is 15.5 Å². The van der Waals surface area contributed by atoms with E-state index < -0.39 is 0 Å². The van der Waals surface area contributed by atoms with Crippen molar-refractivity contribution in [3.8, 4) is 0 Å². The van der Waals surface area contributed by atoms with Crippen molar-refractivity contribution in [2.75, 3.05) is 38.8 Å². The SMILES string of the molecule is CNCc1ccc(N2CC=C(COC)CC2)nn1. The fraction of sp³-hybridized carbons (Fsp3) is 0.538. The standard InChI is InChI=1S/C13H20N4O/c1-14-9-12-3-4-13(16-15-12)17-7-5-11(6-8-17)10-18-2/h3-5,14H,6-10H2,1-2H3. The van der Waals surface area contributed by atoms with Gasteiger partial charge >= 0.3 is 0 Å². The minimum Gasteiger partial charge on any atom is -0.380 e. The largest absolute Gasteiger partial charge is 0.380 e. The van der Waals surface area contributed by atoms with Crippen molar-refractivity contribution in [3.05, 3.63) is 29.5 Å². The maximum Gasteiger partial charge on any atom is 0.151 e. The molecule has 18 heavy (non-hydrogen) atoms. The van der Waals surface area contributed by atoms with Crippen molar-refractivity contribution < 1.29 is 4.74 Å². The Kier molecular flexibility index (Phi) is 4.66. The van der Waals surface area contributed by atoms with Gasteiger partial charge in [-0.05, 0) is 31.2 Å². The summed E-state index contributed by atoms with van der Waals surface area (Å²) in [5, 5.41) is 11.5. The second kappa shape index (κ2) is 6.47. The van der Waals surface area contributed by atoms with E-state index in [4.69, 9.17) is 4.74 Å². The molecule has 0 aromatic carbocycles. The molecule has 0 fully saturated rings. The van der Waals surface area contributed by atoms with Crippen LogP contribution in [0, 0.1) is 0 Å². The zero-order chi connectivity index (χ0) is 12.8. The molecule has 0 amide bonds. The number of aromatic nitrogens is 2. The molecular weight excluding hydrogens is 228 g/mol. The number of nitrogens with zero attached hydrogens (tertiary/aromatic N) is 3. The van der Waals surface area contributed by atoms with E-state index in [-0.39, 0.29) is 0 Å². The van der Waals surface area contributed by atoms with E-state index in [1.807, 2.05) is 19.2 Å². The van der Waals surface area contributed by atoms with Gasteiger partial charge in [-0.1, -0.05) is 6.08 Å². The highest BCUT2D eigenvalue weighted by atomic mass is 16.5. The molecule has 1 N–H and O–H groups in total. The molecule has 0 saturated carbocycles. The van der Waals surface area contributed by atoms with Crippen LogP contribution in [0.4, 0.5) is 5.82 Å². The van der Waals surface area contributed by atoms with Crippen LogP contribution in [0.2, 0.25) is 0 Å². The monoisotopic (exact) mass is 248 g/mol. The molecule has 5 heteroatoms. The summed E-state index contributed by atoms with van der Waals surface area (Å²) < 4.78 is 5.14. The Balaban J connectivity index is 1.96. The third-order valence-electron chi connectivity index (χ3n) is 3.02. The highest BCUT2D eigenvalue weighted by Gasteiger charge is 2.13. The lowest BCUT2D eigenvalue weighted by Crippen LogP contribution is -2.30. The van der Waals surface area contributed by atoms with E-state index in [9.17, 15) is 0 Å². The highest BCUT2D eigenvalue weighted by molar-refractivity contribution is 5.40. The first kappa shape index (κ1) is 13.0. The topological polar surface area (TPSA) is 50.3 Å². The van der Waals surface area contributed by atoms with Crippen molar-refractivity contribution in [2.45, 2.75) is 13.0 Å². The number of anilines is 1. The van der Waals surface area contributed by atoms with Crippen LogP contribution in [0.15, 0.2) is 23.8 Å². The predicted octanol–water partition coefficient (Wildman–Crippen LogP) is 0.979. The second-order valence-electron chi connectivity index (χ2n) is 4.40. The molecule has 1 aliphatic heterocycles. The van der Waals surface area contributed by atoms with Gasteiger partial charge in [0.1, 0.15) is 0 Å². The summed E-state index contributed by atoms with van der Waals surface area (Å²) in [4.78, 5) is 2.23. The first-order chi connectivity index (χ1) is 8.83. The van der Waals surface area contributed by atoms with Gasteiger partial charge in [0.2, 0.25) is 0 Å². The first-order valence-corrected chi connectivity index (χ1v) is 6.22. The molecule has 0 atom stereocenters. The molecule has 0 aliphatic carbocycles.